The van der Waals surface area contributed by atoms with Crippen molar-refractivity contribution in [2.45, 2.75) is 6.92 Å². The minimum absolute atomic E-state index is 0.327. The van der Waals surface area contributed by atoms with Gasteiger partial charge >= 0.3 is 0 Å². The predicted octanol–water partition coefficient (Wildman–Crippen LogP) is 4.70. The molecule has 3 amide bonds. The summed E-state index contributed by atoms with van der Waals surface area (Å²) in [5.41, 5.74) is 2.75. The molecule has 1 aliphatic heterocycles. The quantitative estimate of drug-likeness (QED) is 0.659. The third kappa shape index (κ3) is 2.96. The maximum atomic E-state index is 12.7. The normalized spacial score (nSPS) is 12.9. The van der Waals surface area contributed by atoms with Gasteiger partial charge < -0.3 is 5.32 Å². The summed E-state index contributed by atoms with van der Waals surface area (Å²) in [6.45, 7) is 1.81. The Labute approximate surface area is 166 Å². The van der Waals surface area contributed by atoms with Gasteiger partial charge in [-0.1, -0.05) is 35.9 Å². The molecule has 1 aliphatic rings. The van der Waals surface area contributed by atoms with E-state index in [1.165, 1.54) is 6.07 Å². The molecular weight excluding hydrogens is 376 g/mol. The summed E-state index contributed by atoms with van der Waals surface area (Å²) in [7, 11) is 0. The number of rotatable bonds is 3. The van der Waals surface area contributed by atoms with E-state index in [1.54, 1.807) is 60.7 Å². The van der Waals surface area contributed by atoms with Gasteiger partial charge in [0.2, 0.25) is 0 Å². The van der Waals surface area contributed by atoms with Crippen molar-refractivity contribution in [2.24, 2.45) is 0 Å². The van der Waals surface area contributed by atoms with Gasteiger partial charge in [-0.2, -0.15) is 0 Å². The fourth-order valence-corrected chi connectivity index (χ4v) is 3.32. The molecule has 0 aliphatic carbocycles. The number of benzene rings is 3. The van der Waals surface area contributed by atoms with Gasteiger partial charge in [0.15, 0.2) is 0 Å². The Morgan fingerprint density at radius 2 is 1.54 bits per heavy atom. The van der Waals surface area contributed by atoms with Crippen molar-refractivity contribution in [1.82, 2.24) is 0 Å². The smallest absolute Gasteiger partial charge is 0.266 e. The lowest BCUT2D eigenvalue weighted by Gasteiger charge is -2.15. The van der Waals surface area contributed by atoms with Crippen LogP contribution in [0.2, 0.25) is 5.02 Å². The summed E-state index contributed by atoms with van der Waals surface area (Å²) >= 11 is 6.10. The Morgan fingerprint density at radius 3 is 2.21 bits per heavy atom. The molecule has 1 N–H and O–H groups in total. The summed E-state index contributed by atoms with van der Waals surface area (Å²) in [5.74, 6) is -1.16. The largest absolute Gasteiger partial charge is 0.322 e. The maximum absolute atomic E-state index is 12.7. The summed E-state index contributed by atoms with van der Waals surface area (Å²) in [4.78, 5) is 39.1. The van der Waals surface area contributed by atoms with Gasteiger partial charge in [0.1, 0.15) is 0 Å². The highest BCUT2D eigenvalue weighted by Crippen LogP contribution is 2.29. The second kappa shape index (κ2) is 6.94. The number of carbonyl (C=O) groups excluding carboxylic acids is 3. The number of imide groups is 1. The van der Waals surface area contributed by atoms with Crippen LogP contribution in [-0.2, 0) is 0 Å². The summed E-state index contributed by atoms with van der Waals surface area (Å²) < 4.78 is 0. The van der Waals surface area contributed by atoms with E-state index < -0.39 is 11.8 Å². The Kier molecular flexibility index (Phi) is 4.45. The van der Waals surface area contributed by atoms with Gasteiger partial charge in [-0.15, -0.1) is 0 Å². The molecule has 0 saturated heterocycles. The van der Waals surface area contributed by atoms with Crippen LogP contribution in [0.3, 0.4) is 0 Å². The van der Waals surface area contributed by atoms with Crippen LogP contribution in [0.4, 0.5) is 11.4 Å². The Balaban J connectivity index is 1.64. The standard InChI is InChI=1S/C22H15ClN2O3/c1-13-18(23)10-5-11-19(13)24-20(26)14-6-4-7-15(12-14)25-21(27)16-8-2-3-9-17(16)22(25)28/h2-12H,1H3,(H,24,26). The lowest BCUT2D eigenvalue weighted by Crippen LogP contribution is -2.29. The number of nitrogens with zero attached hydrogens (tertiary/aromatic N) is 1. The van der Waals surface area contributed by atoms with Gasteiger partial charge in [0.05, 0.1) is 16.8 Å². The highest BCUT2D eigenvalue weighted by Gasteiger charge is 2.36. The molecule has 5 nitrogen and oxygen atoms in total. The van der Waals surface area contributed by atoms with E-state index in [0.717, 1.165) is 10.5 Å². The number of nitrogens with one attached hydrogen (secondary N) is 1. The first-order valence-electron chi connectivity index (χ1n) is 8.61. The van der Waals surface area contributed by atoms with E-state index >= 15 is 0 Å². The van der Waals surface area contributed by atoms with Crippen molar-refractivity contribution >= 4 is 40.7 Å². The molecule has 3 aromatic carbocycles. The van der Waals surface area contributed by atoms with E-state index in [4.69, 9.17) is 11.6 Å². The topological polar surface area (TPSA) is 66.5 Å². The van der Waals surface area contributed by atoms with Gasteiger partial charge in [-0.05, 0) is 55.0 Å². The van der Waals surface area contributed by atoms with Crippen LogP contribution in [0.5, 0.6) is 0 Å². The molecule has 0 saturated carbocycles. The number of hydrogen-bond donors (Lipinski definition) is 1. The molecular formula is C22H15ClN2O3. The van der Waals surface area contributed by atoms with Gasteiger partial charge in [0.25, 0.3) is 17.7 Å². The van der Waals surface area contributed by atoms with Crippen LogP contribution in [0, 0.1) is 6.92 Å². The Bertz CT molecular complexity index is 1110. The van der Waals surface area contributed by atoms with E-state index in [9.17, 15) is 14.4 Å². The lowest BCUT2D eigenvalue weighted by atomic mass is 10.1. The SMILES string of the molecule is Cc1c(Cl)cccc1NC(=O)c1cccc(N2C(=O)c3ccccc3C2=O)c1. The Morgan fingerprint density at radius 1 is 0.893 bits per heavy atom. The third-order valence-electron chi connectivity index (χ3n) is 4.68. The molecule has 0 unspecified atom stereocenters. The second-order valence-electron chi connectivity index (χ2n) is 6.41. The molecule has 138 valence electrons. The molecule has 4 rings (SSSR count). The number of halogens is 1. The summed E-state index contributed by atoms with van der Waals surface area (Å²) in [5, 5.41) is 3.37. The van der Waals surface area contributed by atoms with Crippen molar-refractivity contribution < 1.29 is 14.4 Å². The van der Waals surface area contributed by atoms with E-state index in [2.05, 4.69) is 5.32 Å². The molecule has 6 heteroatoms. The number of hydrogen-bond acceptors (Lipinski definition) is 3. The minimum Gasteiger partial charge on any atom is -0.322 e. The monoisotopic (exact) mass is 390 g/mol. The highest BCUT2D eigenvalue weighted by atomic mass is 35.5. The molecule has 28 heavy (non-hydrogen) atoms. The number of anilines is 2. The fraction of sp³-hybridized carbons (Fsp3) is 0.0455. The highest BCUT2D eigenvalue weighted by molar-refractivity contribution is 6.34. The molecule has 1 heterocycles. The van der Waals surface area contributed by atoms with E-state index in [0.29, 0.717) is 33.1 Å². The zero-order valence-corrected chi connectivity index (χ0v) is 15.7. The minimum atomic E-state index is -0.399. The van der Waals surface area contributed by atoms with Crippen molar-refractivity contribution in [1.29, 1.82) is 0 Å². The second-order valence-corrected chi connectivity index (χ2v) is 6.82. The molecule has 0 aromatic heterocycles. The summed E-state index contributed by atoms with van der Waals surface area (Å²) in [6, 6.07) is 18.3. The van der Waals surface area contributed by atoms with Crippen LogP contribution >= 0.6 is 11.6 Å². The number of amides is 3. The average Bonchev–Trinajstić information content (AvgIpc) is 2.96. The summed E-state index contributed by atoms with van der Waals surface area (Å²) in [6.07, 6.45) is 0. The first-order chi connectivity index (χ1) is 13.5. The van der Waals surface area contributed by atoms with Crippen LogP contribution in [-0.4, -0.2) is 17.7 Å². The predicted molar refractivity (Wildman–Crippen MR) is 108 cm³/mol. The van der Waals surface area contributed by atoms with Crippen LogP contribution in [0.15, 0.2) is 66.7 Å². The Hall–Kier alpha value is -3.44. The van der Waals surface area contributed by atoms with E-state index in [-0.39, 0.29) is 5.91 Å². The number of fused-ring (bicyclic) bond motifs is 1. The van der Waals surface area contributed by atoms with Crippen molar-refractivity contribution in [3.63, 3.8) is 0 Å². The first kappa shape index (κ1) is 17.9. The van der Waals surface area contributed by atoms with Crippen molar-refractivity contribution in [2.75, 3.05) is 10.2 Å². The molecule has 3 aromatic rings. The van der Waals surface area contributed by atoms with Gasteiger partial charge in [-0.25, -0.2) is 4.90 Å². The van der Waals surface area contributed by atoms with E-state index in [1.807, 2.05) is 6.92 Å². The van der Waals surface area contributed by atoms with Crippen LogP contribution < -0.4 is 10.2 Å². The van der Waals surface area contributed by atoms with Gasteiger partial charge in [0, 0.05) is 16.3 Å². The van der Waals surface area contributed by atoms with Crippen LogP contribution in [0.25, 0.3) is 0 Å². The number of carbonyl (C=O) groups is 3. The maximum Gasteiger partial charge on any atom is 0.266 e. The fourth-order valence-electron chi connectivity index (χ4n) is 3.15. The zero-order valence-electron chi connectivity index (χ0n) is 14.9. The van der Waals surface area contributed by atoms with Crippen LogP contribution in [0.1, 0.15) is 36.6 Å². The molecule has 0 bridgehead atoms. The van der Waals surface area contributed by atoms with Crippen molar-refractivity contribution in [3.8, 4) is 0 Å². The average molecular weight is 391 g/mol. The first-order valence-corrected chi connectivity index (χ1v) is 8.99. The molecule has 0 fully saturated rings. The van der Waals surface area contributed by atoms with Gasteiger partial charge in [-0.3, -0.25) is 14.4 Å². The molecule has 0 spiro atoms. The lowest BCUT2D eigenvalue weighted by molar-refractivity contribution is 0.0924. The molecule has 0 atom stereocenters. The van der Waals surface area contributed by atoms with Crippen molar-refractivity contribution in [3.05, 3.63) is 94.0 Å². The zero-order chi connectivity index (χ0) is 19.8. The third-order valence-corrected chi connectivity index (χ3v) is 5.09. The molecule has 0 radical (unpaired) electrons.